The number of hydrogen-bond donors (Lipinski definition) is 0. The average Bonchev–Trinajstić information content (AvgIpc) is 2.54. The molecule has 0 unspecified atom stereocenters. The molecule has 0 bridgehead atoms. The lowest BCUT2D eigenvalue weighted by Crippen LogP contribution is -1.93. The zero-order valence-electron chi connectivity index (χ0n) is 17.6. The maximum atomic E-state index is 4.12. The van der Waals surface area contributed by atoms with Crippen LogP contribution in [0.5, 0.6) is 0 Å². The van der Waals surface area contributed by atoms with Crippen molar-refractivity contribution in [3.05, 3.63) is 61.2 Å². The molecule has 26 heavy (non-hydrogen) atoms. The fourth-order valence-electron chi connectivity index (χ4n) is 1.16. The van der Waals surface area contributed by atoms with Crippen LogP contribution in [0.2, 0.25) is 0 Å². The number of hydrogen-bond acceptors (Lipinski definition) is 4. The normalized spacial score (nSPS) is 10.3. The van der Waals surface area contributed by atoms with E-state index in [-0.39, 0.29) is 0 Å². The lowest BCUT2D eigenvalue weighted by atomic mass is 10.0. The highest BCUT2D eigenvalue weighted by Crippen LogP contribution is 2.08. The van der Waals surface area contributed by atoms with E-state index < -0.39 is 0 Å². The third-order valence-electron chi connectivity index (χ3n) is 1.86. The first-order valence-electron chi connectivity index (χ1n) is 8.84. The second-order valence-electron chi connectivity index (χ2n) is 8.96. The van der Waals surface area contributed by atoms with Crippen molar-refractivity contribution < 1.29 is 0 Å². The van der Waals surface area contributed by atoms with E-state index in [4.69, 9.17) is 0 Å². The van der Waals surface area contributed by atoms with Gasteiger partial charge >= 0.3 is 0 Å². The average molecular weight is 355 g/mol. The molecule has 0 atom stereocenters. The molecule has 3 rings (SSSR count). The highest BCUT2D eigenvalue weighted by molar-refractivity contribution is 5.72. The van der Waals surface area contributed by atoms with E-state index in [1.807, 2.05) is 36.4 Å². The molecule has 3 aromatic rings. The minimum absolute atomic E-state index is 0.500. The predicted molar refractivity (Wildman–Crippen MR) is 112 cm³/mol. The molecular weight excluding hydrogens is 320 g/mol. The van der Waals surface area contributed by atoms with Crippen LogP contribution in [0.4, 0.5) is 0 Å². The largest absolute Gasteiger partial charge is 0.253 e. The van der Waals surface area contributed by atoms with Crippen molar-refractivity contribution >= 4 is 11.0 Å². The molecule has 0 aliphatic rings. The van der Waals surface area contributed by atoms with Crippen molar-refractivity contribution in [2.75, 3.05) is 0 Å². The Balaban J connectivity index is 0.000000342. The SMILES string of the molecule is CC(C)(C)C.CC(C)(C)C.c1ccc2nccnc2c1.c1ccnnc1. The van der Waals surface area contributed by atoms with E-state index in [2.05, 4.69) is 75.6 Å². The lowest BCUT2D eigenvalue weighted by Gasteiger charge is -2.05. The van der Waals surface area contributed by atoms with Crippen LogP contribution in [0, 0.1) is 10.8 Å². The van der Waals surface area contributed by atoms with Gasteiger partial charge in [-0.25, -0.2) is 0 Å². The van der Waals surface area contributed by atoms with E-state index >= 15 is 0 Å². The Morgan fingerprint density at radius 3 is 1.04 bits per heavy atom. The number of rotatable bonds is 0. The number of aromatic nitrogens is 4. The Bertz CT molecular complexity index is 582. The maximum absolute atomic E-state index is 4.12. The van der Waals surface area contributed by atoms with Crippen LogP contribution in [0.25, 0.3) is 11.0 Å². The summed E-state index contributed by atoms with van der Waals surface area (Å²) in [7, 11) is 0. The molecule has 0 amide bonds. The summed E-state index contributed by atoms with van der Waals surface area (Å²) in [6.07, 6.45) is 6.67. The van der Waals surface area contributed by atoms with Gasteiger partial charge in [-0.2, -0.15) is 10.2 Å². The van der Waals surface area contributed by atoms with Gasteiger partial charge in [0.25, 0.3) is 0 Å². The van der Waals surface area contributed by atoms with Gasteiger partial charge in [-0.3, -0.25) is 9.97 Å². The molecule has 0 radical (unpaired) electrons. The molecule has 2 heterocycles. The standard InChI is InChI=1S/C8H6N2.2C5H12.C4H4N2/c1-2-4-8-7(3-1)9-5-6-10-8;2*1-5(2,3)4;1-2-4-6-5-3-1/h1-6H;2*1-4H3;1-4H. The molecule has 4 nitrogen and oxygen atoms in total. The molecule has 4 heteroatoms. The van der Waals surface area contributed by atoms with E-state index in [0.717, 1.165) is 11.0 Å². The van der Waals surface area contributed by atoms with Gasteiger partial charge in [0.2, 0.25) is 0 Å². The minimum atomic E-state index is 0.500. The van der Waals surface area contributed by atoms with Crippen molar-refractivity contribution in [2.24, 2.45) is 10.8 Å². The molecule has 0 aliphatic carbocycles. The van der Waals surface area contributed by atoms with E-state index in [1.165, 1.54) is 0 Å². The summed E-state index contributed by atoms with van der Waals surface area (Å²) in [4.78, 5) is 8.24. The minimum Gasteiger partial charge on any atom is -0.253 e. The summed E-state index contributed by atoms with van der Waals surface area (Å²) < 4.78 is 0. The first-order chi connectivity index (χ1) is 12.0. The number of fused-ring (bicyclic) bond motifs is 1. The van der Waals surface area contributed by atoms with E-state index in [1.54, 1.807) is 24.8 Å². The summed E-state index contributed by atoms with van der Waals surface area (Å²) in [6, 6.07) is 11.5. The van der Waals surface area contributed by atoms with Crippen molar-refractivity contribution in [3.63, 3.8) is 0 Å². The van der Waals surface area contributed by atoms with Gasteiger partial charge in [0.15, 0.2) is 0 Å². The Morgan fingerprint density at radius 1 is 0.500 bits per heavy atom. The molecule has 1 aromatic carbocycles. The molecule has 142 valence electrons. The molecule has 0 N–H and O–H groups in total. The monoisotopic (exact) mass is 354 g/mol. The zero-order valence-corrected chi connectivity index (χ0v) is 17.6. The summed E-state index contributed by atoms with van der Waals surface area (Å²) in [6.45, 7) is 17.5. The Hall–Kier alpha value is -2.36. The van der Waals surface area contributed by atoms with Crippen LogP contribution in [0.1, 0.15) is 55.4 Å². The van der Waals surface area contributed by atoms with Gasteiger partial charge in [0, 0.05) is 24.8 Å². The van der Waals surface area contributed by atoms with Crippen LogP contribution in [-0.4, -0.2) is 20.2 Å². The summed E-state index contributed by atoms with van der Waals surface area (Å²) in [5.74, 6) is 0. The third kappa shape index (κ3) is 19.7. The van der Waals surface area contributed by atoms with Gasteiger partial charge in [-0.1, -0.05) is 67.5 Å². The molecule has 0 spiro atoms. The van der Waals surface area contributed by atoms with Gasteiger partial charge in [-0.05, 0) is 35.1 Å². The van der Waals surface area contributed by atoms with Gasteiger partial charge in [0.1, 0.15) is 0 Å². The second-order valence-corrected chi connectivity index (χ2v) is 8.96. The number of nitrogens with zero attached hydrogens (tertiary/aromatic N) is 4. The molecule has 0 saturated heterocycles. The van der Waals surface area contributed by atoms with Crippen LogP contribution in [0.15, 0.2) is 61.2 Å². The molecule has 0 aliphatic heterocycles. The fourth-order valence-corrected chi connectivity index (χ4v) is 1.16. The zero-order chi connectivity index (χ0) is 20.1. The second kappa shape index (κ2) is 12.1. The summed E-state index contributed by atoms with van der Waals surface area (Å²) in [5.41, 5.74) is 2.90. The summed E-state index contributed by atoms with van der Waals surface area (Å²) >= 11 is 0. The van der Waals surface area contributed by atoms with Crippen molar-refractivity contribution in [2.45, 2.75) is 55.4 Å². The van der Waals surface area contributed by atoms with E-state index in [0.29, 0.717) is 10.8 Å². The third-order valence-corrected chi connectivity index (χ3v) is 1.86. The van der Waals surface area contributed by atoms with Gasteiger partial charge in [0.05, 0.1) is 11.0 Å². The molecule has 2 aromatic heterocycles. The highest BCUT2D eigenvalue weighted by Gasteiger charge is 1.96. The van der Waals surface area contributed by atoms with Crippen molar-refractivity contribution in [1.82, 2.24) is 20.2 Å². The number of para-hydroxylation sites is 2. The molecule has 0 saturated carbocycles. The Kier molecular flexibility index (Phi) is 11.0. The lowest BCUT2D eigenvalue weighted by molar-refractivity contribution is 0.469. The van der Waals surface area contributed by atoms with Crippen LogP contribution >= 0.6 is 0 Å². The van der Waals surface area contributed by atoms with Crippen LogP contribution in [0.3, 0.4) is 0 Å². The predicted octanol–water partition coefficient (Wildman–Crippen LogP) is 6.21. The Morgan fingerprint density at radius 2 is 0.808 bits per heavy atom. The van der Waals surface area contributed by atoms with Crippen LogP contribution in [-0.2, 0) is 0 Å². The quantitative estimate of drug-likeness (QED) is 0.481. The first kappa shape index (κ1) is 23.6. The summed E-state index contributed by atoms with van der Waals surface area (Å²) in [5, 5.41) is 7.07. The first-order valence-corrected chi connectivity index (χ1v) is 8.84. The smallest absolute Gasteiger partial charge is 0.0886 e. The van der Waals surface area contributed by atoms with E-state index in [9.17, 15) is 0 Å². The maximum Gasteiger partial charge on any atom is 0.0886 e. The van der Waals surface area contributed by atoms with Gasteiger partial charge in [-0.15, -0.1) is 0 Å². The van der Waals surface area contributed by atoms with Gasteiger partial charge < -0.3 is 0 Å². The molecule has 0 fully saturated rings. The fraction of sp³-hybridized carbons (Fsp3) is 0.455. The highest BCUT2D eigenvalue weighted by atomic mass is 15.1. The van der Waals surface area contributed by atoms with Crippen LogP contribution < -0.4 is 0 Å². The topological polar surface area (TPSA) is 51.6 Å². The van der Waals surface area contributed by atoms with Crippen molar-refractivity contribution in [3.8, 4) is 0 Å². The van der Waals surface area contributed by atoms with Crippen molar-refractivity contribution in [1.29, 1.82) is 0 Å². The molecular formula is C22H34N4. The Labute approximate surface area is 159 Å². The number of benzene rings is 1.